The van der Waals surface area contributed by atoms with Gasteiger partial charge >= 0.3 is 0 Å². The van der Waals surface area contributed by atoms with E-state index in [0.717, 1.165) is 29.9 Å². The Labute approximate surface area is 136 Å². The molecule has 0 amide bonds. The van der Waals surface area contributed by atoms with Crippen LogP contribution in [-0.4, -0.2) is 5.71 Å². The molecule has 0 fully saturated rings. The first kappa shape index (κ1) is 13.8. The maximum absolute atomic E-state index is 4.74. The maximum Gasteiger partial charge on any atom is 0.0665 e. The van der Waals surface area contributed by atoms with Crippen LogP contribution < -0.4 is 5.32 Å². The van der Waals surface area contributed by atoms with E-state index < -0.39 is 0 Å². The number of hydrogen-bond acceptors (Lipinski definition) is 2. The lowest BCUT2D eigenvalue weighted by Crippen LogP contribution is -2.02. The molecule has 0 saturated heterocycles. The van der Waals surface area contributed by atoms with E-state index in [-0.39, 0.29) is 0 Å². The average Bonchev–Trinajstić information content (AvgIpc) is 3.00. The molecule has 1 heterocycles. The van der Waals surface area contributed by atoms with Crippen molar-refractivity contribution in [2.75, 3.05) is 5.32 Å². The highest BCUT2D eigenvalue weighted by molar-refractivity contribution is 5.95. The van der Waals surface area contributed by atoms with Gasteiger partial charge in [0.1, 0.15) is 0 Å². The molecule has 0 unspecified atom stereocenters. The quantitative estimate of drug-likeness (QED) is 0.694. The van der Waals surface area contributed by atoms with Crippen LogP contribution in [0.3, 0.4) is 0 Å². The van der Waals surface area contributed by atoms with Crippen molar-refractivity contribution in [2.24, 2.45) is 4.99 Å². The van der Waals surface area contributed by atoms with Gasteiger partial charge in [-0.05, 0) is 41.5 Å². The molecular weight excluding hydrogens is 280 g/mol. The summed E-state index contributed by atoms with van der Waals surface area (Å²) in [7, 11) is 0. The van der Waals surface area contributed by atoms with Gasteiger partial charge in [0.05, 0.1) is 5.69 Å². The standard InChI is InChI=1S/C21H18N2/c1-2-7-18(8-3-1)22-19-12-10-16(11-13-19)14-20-15-17-6-4-5-9-21(17)23-20/h1-13,22H,14-15H2. The number of hydrogen-bond donors (Lipinski definition) is 1. The summed E-state index contributed by atoms with van der Waals surface area (Å²) in [5.74, 6) is 0. The number of fused-ring (bicyclic) bond motifs is 1. The first-order valence-electron chi connectivity index (χ1n) is 7.92. The average molecular weight is 298 g/mol. The zero-order chi connectivity index (χ0) is 15.5. The summed E-state index contributed by atoms with van der Waals surface area (Å²) < 4.78 is 0. The number of benzene rings is 3. The normalized spacial score (nSPS) is 12.6. The highest BCUT2D eigenvalue weighted by atomic mass is 14.9. The number of para-hydroxylation sites is 2. The fourth-order valence-electron chi connectivity index (χ4n) is 2.93. The van der Waals surface area contributed by atoms with Gasteiger partial charge in [0.2, 0.25) is 0 Å². The smallest absolute Gasteiger partial charge is 0.0665 e. The van der Waals surface area contributed by atoms with Crippen molar-refractivity contribution in [1.82, 2.24) is 0 Å². The monoisotopic (exact) mass is 298 g/mol. The molecule has 2 nitrogen and oxygen atoms in total. The molecule has 0 aromatic heterocycles. The molecule has 2 heteroatoms. The van der Waals surface area contributed by atoms with Crippen molar-refractivity contribution in [3.63, 3.8) is 0 Å². The van der Waals surface area contributed by atoms with Gasteiger partial charge in [0.15, 0.2) is 0 Å². The number of anilines is 2. The first-order chi connectivity index (χ1) is 11.4. The second kappa shape index (κ2) is 6.09. The fourth-order valence-corrected chi connectivity index (χ4v) is 2.93. The first-order valence-corrected chi connectivity index (χ1v) is 7.92. The molecule has 3 aromatic carbocycles. The SMILES string of the molecule is c1ccc(Nc2ccc(CC3=Nc4ccccc4C3)cc2)cc1. The van der Waals surface area contributed by atoms with Gasteiger partial charge in [-0.15, -0.1) is 0 Å². The van der Waals surface area contributed by atoms with E-state index >= 15 is 0 Å². The molecule has 4 rings (SSSR count). The molecule has 1 aliphatic heterocycles. The van der Waals surface area contributed by atoms with E-state index in [1.165, 1.54) is 16.8 Å². The van der Waals surface area contributed by atoms with E-state index in [1.54, 1.807) is 0 Å². The second-order valence-electron chi connectivity index (χ2n) is 5.85. The van der Waals surface area contributed by atoms with Crippen LogP contribution >= 0.6 is 0 Å². The zero-order valence-corrected chi connectivity index (χ0v) is 12.9. The third-order valence-corrected chi connectivity index (χ3v) is 4.09. The molecule has 0 aliphatic carbocycles. The van der Waals surface area contributed by atoms with Gasteiger partial charge in [0, 0.05) is 29.9 Å². The summed E-state index contributed by atoms with van der Waals surface area (Å²) >= 11 is 0. The minimum absolute atomic E-state index is 0.917. The topological polar surface area (TPSA) is 24.4 Å². The van der Waals surface area contributed by atoms with Crippen molar-refractivity contribution >= 4 is 22.8 Å². The van der Waals surface area contributed by atoms with Crippen LogP contribution in [0.2, 0.25) is 0 Å². The van der Waals surface area contributed by atoms with Crippen molar-refractivity contribution in [3.05, 3.63) is 90.0 Å². The Hall–Kier alpha value is -2.87. The van der Waals surface area contributed by atoms with Gasteiger partial charge in [0.25, 0.3) is 0 Å². The van der Waals surface area contributed by atoms with Crippen LogP contribution in [-0.2, 0) is 12.8 Å². The number of rotatable bonds is 4. The van der Waals surface area contributed by atoms with Crippen molar-refractivity contribution in [2.45, 2.75) is 12.8 Å². The maximum atomic E-state index is 4.74. The summed E-state index contributed by atoms with van der Waals surface area (Å²) in [5, 5.41) is 3.41. The van der Waals surface area contributed by atoms with Crippen molar-refractivity contribution in [3.8, 4) is 0 Å². The van der Waals surface area contributed by atoms with E-state index in [4.69, 9.17) is 4.99 Å². The Morgan fingerprint density at radius 1 is 0.739 bits per heavy atom. The minimum atomic E-state index is 0.917. The van der Waals surface area contributed by atoms with Crippen LogP contribution in [0, 0.1) is 0 Å². The Kier molecular flexibility index (Phi) is 3.65. The number of nitrogens with zero attached hydrogens (tertiary/aromatic N) is 1. The summed E-state index contributed by atoms with van der Waals surface area (Å²) in [4.78, 5) is 4.74. The minimum Gasteiger partial charge on any atom is -0.356 e. The molecule has 1 N–H and O–H groups in total. The van der Waals surface area contributed by atoms with Gasteiger partial charge < -0.3 is 5.32 Å². The summed E-state index contributed by atoms with van der Waals surface area (Å²) in [5.41, 5.74) is 7.23. The van der Waals surface area contributed by atoms with Gasteiger partial charge in [-0.2, -0.15) is 0 Å². The lowest BCUT2D eigenvalue weighted by Gasteiger charge is -2.07. The Morgan fingerprint density at radius 2 is 1.43 bits per heavy atom. The van der Waals surface area contributed by atoms with Crippen LogP contribution in [0.1, 0.15) is 11.1 Å². The summed E-state index contributed by atoms with van der Waals surface area (Å²) in [6.07, 6.45) is 1.89. The van der Waals surface area contributed by atoms with Crippen LogP contribution in [0.15, 0.2) is 83.9 Å². The molecule has 1 aliphatic rings. The third-order valence-electron chi connectivity index (χ3n) is 4.09. The predicted octanol–water partition coefficient (Wildman–Crippen LogP) is 5.30. The van der Waals surface area contributed by atoms with Gasteiger partial charge in [-0.3, -0.25) is 4.99 Å². The predicted molar refractivity (Wildman–Crippen MR) is 97.1 cm³/mol. The summed E-state index contributed by atoms with van der Waals surface area (Å²) in [6, 6.07) is 27.2. The number of nitrogens with one attached hydrogen (secondary N) is 1. The van der Waals surface area contributed by atoms with E-state index in [2.05, 4.69) is 66.0 Å². The Morgan fingerprint density at radius 3 is 2.22 bits per heavy atom. The third kappa shape index (κ3) is 3.16. The molecule has 0 atom stereocenters. The van der Waals surface area contributed by atoms with Gasteiger partial charge in [-0.25, -0.2) is 0 Å². The highest BCUT2D eigenvalue weighted by Crippen LogP contribution is 2.27. The molecular formula is C21H18N2. The van der Waals surface area contributed by atoms with Crippen molar-refractivity contribution < 1.29 is 0 Å². The van der Waals surface area contributed by atoms with Crippen LogP contribution in [0.25, 0.3) is 0 Å². The van der Waals surface area contributed by atoms with E-state index in [0.29, 0.717) is 0 Å². The van der Waals surface area contributed by atoms with Crippen LogP contribution in [0.4, 0.5) is 17.1 Å². The zero-order valence-electron chi connectivity index (χ0n) is 12.9. The summed E-state index contributed by atoms with van der Waals surface area (Å²) in [6.45, 7) is 0. The van der Waals surface area contributed by atoms with Gasteiger partial charge in [-0.1, -0.05) is 48.5 Å². The number of aliphatic imine (C=N–C) groups is 1. The van der Waals surface area contributed by atoms with E-state index in [1.807, 2.05) is 18.2 Å². The fraction of sp³-hybridized carbons (Fsp3) is 0.0952. The second-order valence-corrected chi connectivity index (χ2v) is 5.85. The molecule has 3 aromatic rings. The lowest BCUT2D eigenvalue weighted by atomic mass is 10.0. The molecule has 0 saturated carbocycles. The van der Waals surface area contributed by atoms with Crippen LogP contribution in [0.5, 0.6) is 0 Å². The van der Waals surface area contributed by atoms with E-state index in [9.17, 15) is 0 Å². The molecule has 0 radical (unpaired) electrons. The van der Waals surface area contributed by atoms with Crippen molar-refractivity contribution in [1.29, 1.82) is 0 Å². The Balaban J connectivity index is 1.43. The lowest BCUT2D eigenvalue weighted by molar-refractivity contribution is 1.26. The molecule has 23 heavy (non-hydrogen) atoms. The highest BCUT2D eigenvalue weighted by Gasteiger charge is 2.13. The Bertz CT molecular complexity index is 833. The largest absolute Gasteiger partial charge is 0.356 e. The molecule has 0 spiro atoms. The molecule has 0 bridgehead atoms. The molecule has 112 valence electrons.